The monoisotopic (exact) mass is 274 g/mol. The average Bonchev–Trinajstić information content (AvgIpc) is 2.62. The molecule has 2 rings (SSSR count). The van der Waals surface area contributed by atoms with E-state index in [1.165, 1.54) is 0 Å². The Morgan fingerprint density at radius 1 is 1.29 bits per heavy atom. The molecule has 1 fully saturated rings. The minimum absolute atomic E-state index is 0.173. The number of anilines is 1. The first-order valence-corrected chi connectivity index (χ1v) is 5.92. The summed E-state index contributed by atoms with van der Waals surface area (Å²) < 4.78 is 5.14. The lowest BCUT2D eigenvalue weighted by molar-refractivity contribution is -0.120. The molecule has 92 valence electrons. The Kier molecular flexibility index (Phi) is 3.89. The quantitative estimate of drug-likeness (QED) is 0.866. The number of carbonyl (C=O) groups is 1. The van der Waals surface area contributed by atoms with E-state index in [0.717, 1.165) is 0 Å². The van der Waals surface area contributed by atoms with E-state index in [1.807, 2.05) is 0 Å². The Morgan fingerprint density at radius 3 is 2.47 bits per heavy atom. The molecule has 1 saturated heterocycles. The van der Waals surface area contributed by atoms with Crippen LogP contribution in [0.15, 0.2) is 18.2 Å². The lowest BCUT2D eigenvalue weighted by Crippen LogP contribution is -2.37. The zero-order valence-electron chi connectivity index (χ0n) is 8.95. The summed E-state index contributed by atoms with van der Waals surface area (Å²) in [6, 6.07) is 4.60. The van der Waals surface area contributed by atoms with E-state index in [1.54, 1.807) is 18.2 Å². The van der Waals surface area contributed by atoms with Crippen LogP contribution in [0.2, 0.25) is 10.0 Å². The van der Waals surface area contributed by atoms with E-state index in [2.05, 4.69) is 5.32 Å². The van der Waals surface area contributed by atoms with Crippen LogP contribution in [0.3, 0.4) is 0 Å². The van der Waals surface area contributed by atoms with Crippen molar-refractivity contribution in [2.24, 2.45) is 11.7 Å². The number of rotatable bonds is 2. The van der Waals surface area contributed by atoms with E-state index in [9.17, 15) is 4.79 Å². The van der Waals surface area contributed by atoms with Gasteiger partial charge in [-0.1, -0.05) is 23.2 Å². The third-order valence-electron chi connectivity index (χ3n) is 2.59. The second-order valence-corrected chi connectivity index (χ2v) is 4.83. The van der Waals surface area contributed by atoms with Gasteiger partial charge in [0.25, 0.3) is 0 Å². The van der Waals surface area contributed by atoms with Gasteiger partial charge in [-0.15, -0.1) is 0 Å². The van der Waals surface area contributed by atoms with Gasteiger partial charge in [0, 0.05) is 21.8 Å². The number of nitrogens with two attached hydrogens (primary N) is 1. The molecule has 3 N–H and O–H groups in total. The number of carbonyl (C=O) groups excluding carboxylic acids is 1. The second kappa shape index (κ2) is 5.23. The van der Waals surface area contributed by atoms with E-state index >= 15 is 0 Å². The smallest absolute Gasteiger partial charge is 0.231 e. The molecule has 1 aromatic carbocycles. The molecule has 0 spiro atoms. The summed E-state index contributed by atoms with van der Waals surface area (Å²) in [7, 11) is 0. The van der Waals surface area contributed by atoms with E-state index in [4.69, 9.17) is 33.7 Å². The lowest BCUT2D eigenvalue weighted by atomic mass is 10.0. The van der Waals surface area contributed by atoms with Gasteiger partial charge in [0.1, 0.15) is 0 Å². The molecule has 0 aliphatic carbocycles. The van der Waals surface area contributed by atoms with Gasteiger partial charge < -0.3 is 15.8 Å². The molecule has 0 saturated carbocycles. The Balaban J connectivity index is 2.07. The second-order valence-electron chi connectivity index (χ2n) is 3.96. The molecule has 1 aliphatic rings. The molecule has 4 nitrogen and oxygen atoms in total. The van der Waals surface area contributed by atoms with Crippen molar-refractivity contribution in [3.63, 3.8) is 0 Å². The third-order valence-corrected chi connectivity index (χ3v) is 3.03. The first-order valence-electron chi connectivity index (χ1n) is 5.16. The minimum atomic E-state index is -0.326. The number of hydrogen-bond acceptors (Lipinski definition) is 3. The molecule has 0 radical (unpaired) electrons. The summed E-state index contributed by atoms with van der Waals surface area (Å²) >= 11 is 11.7. The van der Waals surface area contributed by atoms with Gasteiger partial charge >= 0.3 is 0 Å². The Bertz CT molecular complexity index is 419. The maximum atomic E-state index is 11.9. The molecule has 2 atom stereocenters. The van der Waals surface area contributed by atoms with Crippen LogP contribution in [0.25, 0.3) is 0 Å². The van der Waals surface area contributed by atoms with Gasteiger partial charge in [0.05, 0.1) is 19.1 Å². The van der Waals surface area contributed by atoms with Gasteiger partial charge in [-0.3, -0.25) is 4.79 Å². The van der Waals surface area contributed by atoms with Crippen LogP contribution in [0.1, 0.15) is 0 Å². The maximum Gasteiger partial charge on any atom is 0.231 e. The molecule has 6 heteroatoms. The Labute approximate surface area is 109 Å². The predicted molar refractivity (Wildman–Crippen MR) is 67.4 cm³/mol. The van der Waals surface area contributed by atoms with Crippen LogP contribution in [0, 0.1) is 5.92 Å². The molecule has 1 aromatic rings. The zero-order valence-corrected chi connectivity index (χ0v) is 10.5. The molecular formula is C11H12Cl2N2O2. The number of hydrogen-bond donors (Lipinski definition) is 2. The maximum absolute atomic E-state index is 11.9. The fourth-order valence-corrected chi connectivity index (χ4v) is 2.23. The largest absolute Gasteiger partial charge is 0.379 e. The normalized spacial score (nSPS) is 23.7. The van der Waals surface area contributed by atoms with Crippen molar-refractivity contribution in [2.75, 3.05) is 18.5 Å². The van der Waals surface area contributed by atoms with Gasteiger partial charge in [0.2, 0.25) is 5.91 Å². The first kappa shape index (κ1) is 12.6. The average molecular weight is 275 g/mol. The van der Waals surface area contributed by atoms with Crippen LogP contribution >= 0.6 is 23.2 Å². The van der Waals surface area contributed by atoms with Gasteiger partial charge in [-0.2, -0.15) is 0 Å². The molecular weight excluding hydrogens is 263 g/mol. The predicted octanol–water partition coefficient (Wildman–Crippen LogP) is 1.91. The molecule has 1 amide bonds. The summed E-state index contributed by atoms with van der Waals surface area (Å²) in [5, 5.41) is 3.67. The summed E-state index contributed by atoms with van der Waals surface area (Å²) in [5.41, 5.74) is 6.32. The third kappa shape index (κ3) is 3.10. The Hall–Kier alpha value is -0.810. The van der Waals surface area contributed by atoms with Crippen molar-refractivity contribution in [3.05, 3.63) is 28.2 Å². The fraction of sp³-hybridized carbons (Fsp3) is 0.364. The molecule has 1 aliphatic heterocycles. The van der Waals surface area contributed by atoms with Gasteiger partial charge in [-0.25, -0.2) is 0 Å². The summed E-state index contributed by atoms with van der Waals surface area (Å²) in [4.78, 5) is 11.9. The zero-order chi connectivity index (χ0) is 12.4. The highest BCUT2D eigenvalue weighted by Crippen LogP contribution is 2.23. The number of ether oxygens (including phenoxy) is 1. The van der Waals surface area contributed by atoms with Crippen LogP contribution < -0.4 is 11.1 Å². The molecule has 0 bridgehead atoms. The van der Waals surface area contributed by atoms with Crippen molar-refractivity contribution in [1.82, 2.24) is 0 Å². The van der Waals surface area contributed by atoms with Crippen molar-refractivity contribution in [2.45, 2.75) is 6.04 Å². The number of halogens is 2. The highest BCUT2D eigenvalue weighted by atomic mass is 35.5. The fourth-order valence-electron chi connectivity index (χ4n) is 1.70. The van der Waals surface area contributed by atoms with Crippen molar-refractivity contribution >= 4 is 34.8 Å². The van der Waals surface area contributed by atoms with Crippen molar-refractivity contribution in [3.8, 4) is 0 Å². The van der Waals surface area contributed by atoms with E-state index in [0.29, 0.717) is 28.9 Å². The molecule has 17 heavy (non-hydrogen) atoms. The van der Waals surface area contributed by atoms with Crippen LogP contribution in [-0.2, 0) is 9.53 Å². The molecule has 2 unspecified atom stereocenters. The highest BCUT2D eigenvalue weighted by Gasteiger charge is 2.31. The van der Waals surface area contributed by atoms with Crippen LogP contribution in [-0.4, -0.2) is 25.2 Å². The van der Waals surface area contributed by atoms with Crippen LogP contribution in [0.5, 0.6) is 0 Å². The van der Waals surface area contributed by atoms with E-state index in [-0.39, 0.29) is 17.9 Å². The number of nitrogens with one attached hydrogen (secondary N) is 1. The molecule has 1 heterocycles. The summed E-state index contributed by atoms with van der Waals surface area (Å²) in [6.07, 6.45) is 0. The Morgan fingerprint density at radius 2 is 1.94 bits per heavy atom. The van der Waals surface area contributed by atoms with Crippen LogP contribution in [0.4, 0.5) is 5.69 Å². The van der Waals surface area contributed by atoms with Crippen molar-refractivity contribution in [1.29, 1.82) is 0 Å². The van der Waals surface area contributed by atoms with E-state index < -0.39 is 0 Å². The van der Waals surface area contributed by atoms with Gasteiger partial charge in [-0.05, 0) is 18.2 Å². The molecule has 0 aromatic heterocycles. The first-order chi connectivity index (χ1) is 8.06. The minimum Gasteiger partial charge on any atom is -0.379 e. The number of benzene rings is 1. The lowest BCUT2D eigenvalue weighted by Gasteiger charge is -2.13. The summed E-state index contributed by atoms with van der Waals surface area (Å²) in [6.45, 7) is 0.760. The number of amides is 1. The summed E-state index contributed by atoms with van der Waals surface area (Å²) in [5.74, 6) is -0.499. The van der Waals surface area contributed by atoms with Gasteiger partial charge in [0.15, 0.2) is 0 Å². The topological polar surface area (TPSA) is 64.3 Å². The van der Waals surface area contributed by atoms with Crippen molar-refractivity contribution < 1.29 is 9.53 Å². The standard InChI is InChI=1S/C11H12Cl2N2O2/c12-6-1-7(13)3-8(2-6)15-11(16)9-4-17-5-10(9)14/h1-3,9-10H,4-5,14H2,(H,15,16). The highest BCUT2D eigenvalue weighted by molar-refractivity contribution is 6.35. The SMILES string of the molecule is NC1COCC1C(=O)Nc1cc(Cl)cc(Cl)c1.